The first-order valence-electron chi connectivity index (χ1n) is 6.49. The summed E-state index contributed by atoms with van der Waals surface area (Å²) < 4.78 is 44.7. The molecule has 0 saturated heterocycles. The summed E-state index contributed by atoms with van der Waals surface area (Å²) in [7, 11) is 0. The summed E-state index contributed by atoms with van der Waals surface area (Å²) in [6.07, 6.45) is 0.948. The quantitative estimate of drug-likeness (QED) is 0.802. The van der Waals surface area contributed by atoms with Crippen LogP contribution in [0.15, 0.2) is 16.5 Å². The van der Waals surface area contributed by atoms with Crippen LogP contribution in [0, 0.1) is 17.5 Å². The molecule has 1 heterocycles. The minimum absolute atomic E-state index is 0.0972. The molecular weight excluding hydrogens is 285 g/mol. The fraction of sp³-hybridized carbons (Fsp3) is 0.385. The Morgan fingerprint density at radius 2 is 1.86 bits per heavy atom. The molecule has 0 radical (unpaired) electrons. The van der Waals surface area contributed by atoms with Crippen LogP contribution in [0.4, 0.5) is 24.9 Å². The summed E-state index contributed by atoms with van der Waals surface area (Å²) in [6.45, 7) is 4.64. The van der Waals surface area contributed by atoms with Crippen molar-refractivity contribution in [2.24, 2.45) is 0 Å². The maximum absolute atomic E-state index is 13.5. The third-order valence-electron chi connectivity index (χ3n) is 2.76. The first-order valence-corrected chi connectivity index (χ1v) is 6.49. The Hall–Kier alpha value is -2.09. The van der Waals surface area contributed by atoms with Crippen LogP contribution >= 0.6 is 0 Å². The standard InChI is InChI=1S/C13H15F3N4O/c1-3-4-17-7(2)12-19-20-13(21-12)18-11-6-9(15)8(14)5-10(11)16/h5-7,17H,3-4H2,1-2H3,(H,18,20). The molecule has 2 N–H and O–H groups in total. The van der Waals surface area contributed by atoms with Crippen molar-refractivity contribution in [3.05, 3.63) is 35.5 Å². The molecule has 0 aliphatic carbocycles. The molecule has 0 bridgehead atoms. The SMILES string of the molecule is CCCNC(C)c1nnc(Nc2cc(F)c(F)cc2F)o1. The lowest BCUT2D eigenvalue weighted by molar-refractivity contribution is 0.424. The first-order chi connectivity index (χ1) is 10.0. The van der Waals surface area contributed by atoms with E-state index in [9.17, 15) is 13.2 Å². The van der Waals surface area contributed by atoms with Gasteiger partial charge in [0, 0.05) is 12.1 Å². The third-order valence-corrected chi connectivity index (χ3v) is 2.76. The van der Waals surface area contributed by atoms with Crippen molar-refractivity contribution >= 4 is 11.7 Å². The Labute approximate surface area is 119 Å². The zero-order valence-corrected chi connectivity index (χ0v) is 11.6. The average molecular weight is 300 g/mol. The molecule has 21 heavy (non-hydrogen) atoms. The van der Waals surface area contributed by atoms with Gasteiger partial charge in [-0.25, -0.2) is 13.2 Å². The van der Waals surface area contributed by atoms with Gasteiger partial charge in [-0.2, -0.15) is 0 Å². The van der Waals surface area contributed by atoms with Gasteiger partial charge in [-0.3, -0.25) is 0 Å². The van der Waals surface area contributed by atoms with Crippen molar-refractivity contribution < 1.29 is 17.6 Å². The van der Waals surface area contributed by atoms with Crippen molar-refractivity contribution in [3.8, 4) is 0 Å². The molecular formula is C13H15F3N4O. The summed E-state index contributed by atoms with van der Waals surface area (Å²) >= 11 is 0. The second-order valence-corrected chi connectivity index (χ2v) is 4.49. The van der Waals surface area contributed by atoms with Crippen LogP contribution < -0.4 is 10.6 Å². The van der Waals surface area contributed by atoms with E-state index in [-0.39, 0.29) is 17.7 Å². The minimum Gasteiger partial charge on any atom is -0.406 e. The lowest BCUT2D eigenvalue weighted by Gasteiger charge is -2.07. The predicted octanol–water partition coefficient (Wildman–Crippen LogP) is 3.29. The molecule has 1 unspecified atom stereocenters. The van der Waals surface area contributed by atoms with Crippen LogP contribution in [-0.4, -0.2) is 16.7 Å². The molecule has 0 spiro atoms. The minimum atomic E-state index is -1.26. The monoisotopic (exact) mass is 300 g/mol. The third kappa shape index (κ3) is 3.72. The Bertz CT molecular complexity index is 617. The highest BCUT2D eigenvalue weighted by atomic mass is 19.2. The number of nitrogens with zero attached hydrogens (tertiary/aromatic N) is 2. The van der Waals surface area contributed by atoms with Gasteiger partial charge in [-0.05, 0) is 19.9 Å². The molecule has 0 aliphatic heterocycles. The summed E-state index contributed by atoms with van der Waals surface area (Å²) in [4.78, 5) is 0. The van der Waals surface area contributed by atoms with Crippen molar-refractivity contribution in [2.45, 2.75) is 26.3 Å². The van der Waals surface area contributed by atoms with Gasteiger partial charge >= 0.3 is 6.01 Å². The van der Waals surface area contributed by atoms with Gasteiger partial charge < -0.3 is 15.1 Å². The smallest absolute Gasteiger partial charge is 0.320 e. The number of anilines is 2. The highest BCUT2D eigenvalue weighted by molar-refractivity contribution is 5.52. The Morgan fingerprint density at radius 1 is 1.14 bits per heavy atom. The van der Waals surface area contributed by atoms with E-state index < -0.39 is 17.5 Å². The maximum Gasteiger partial charge on any atom is 0.320 e. The fourth-order valence-corrected chi connectivity index (χ4v) is 1.64. The van der Waals surface area contributed by atoms with Crippen LogP contribution in [0.25, 0.3) is 0 Å². The number of hydrogen-bond acceptors (Lipinski definition) is 5. The van der Waals surface area contributed by atoms with Gasteiger partial charge in [0.1, 0.15) is 5.82 Å². The molecule has 1 atom stereocenters. The van der Waals surface area contributed by atoms with Crippen molar-refractivity contribution in [1.29, 1.82) is 0 Å². The van der Waals surface area contributed by atoms with Crippen molar-refractivity contribution in [1.82, 2.24) is 15.5 Å². The number of nitrogens with one attached hydrogen (secondary N) is 2. The van der Waals surface area contributed by atoms with E-state index in [4.69, 9.17) is 4.42 Å². The van der Waals surface area contributed by atoms with Crippen molar-refractivity contribution in [2.75, 3.05) is 11.9 Å². The lowest BCUT2D eigenvalue weighted by atomic mass is 10.3. The Balaban J connectivity index is 2.11. The highest BCUT2D eigenvalue weighted by Gasteiger charge is 2.15. The van der Waals surface area contributed by atoms with E-state index >= 15 is 0 Å². The van der Waals surface area contributed by atoms with Crippen LogP contribution in [0.5, 0.6) is 0 Å². The van der Waals surface area contributed by atoms with E-state index in [0.29, 0.717) is 18.0 Å². The number of benzene rings is 1. The molecule has 0 amide bonds. The molecule has 0 saturated carbocycles. The molecule has 2 aromatic rings. The summed E-state index contributed by atoms with van der Waals surface area (Å²) in [5, 5.41) is 13.1. The lowest BCUT2D eigenvalue weighted by Crippen LogP contribution is -2.19. The molecule has 5 nitrogen and oxygen atoms in total. The molecule has 2 rings (SSSR count). The van der Waals surface area contributed by atoms with Gasteiger partial charge in [-0.15, -0.1) is 5.10 Å². The number of rotatable bonds is 6. The second kappa shape index (κ2) is 6.57. The Kier molecular flexibility index (Phi) is 4.79. The number of hydrogen-bond donors (Lipinski definition) is 2. The average Bonchev–Trinajstić information content (AvgIpc) is 2.91. The molecule has 0 fully saturated rings. The topological polar surface area (TPSA) is 63.0 Å². The number of aromatic nitrogens is 2. The summed E-state index contributed by atoms with van der Waals surface area (Å²) in [6, 6.07) is 0.871. The van der Waals surface area contributed by atoms with E-state index in [1.165, 1.54) is 0 Å². The highest BCUT2D eigenvalue weighted by Crippen LogP contribution is 2.23. The van der Waals surface area contributed by atoms with E-state index in [0.717, 1.165) is 13.0 Å². The molecule has 8 heteroatoms. The summed E-state index contributed by atoms with van der Waals surface area (Å²) in [5.74, 6) is -3.07. The second-order valence-electron chi connectivity index (χ2n) is 4.49. The normalized spacial score (nSPS) is 12.4. The van der Waals surface area contributed by atoms with Crippen LogP contribution in [0.2, 0.25) is 0 Å². The fourth-order valence-electron chi connectivity index (χ4n) is 1.64. The molecule has 0 aliphatic rings. The molecule has 1 aromatic carbocycles. The Morgan fingerprint density at radius 3 is 2.57 bits per heavy atom. The van der Waals surface area contributed by atoms with E-state index in [1.807, 2.05) is 13.8 Å². The predicted molar refractivity (Wildman–Crippen MR) is 70.6 cm³/mol. The van der Waals surface area contributed by atoms with Gasteiger partial charge in [0.05, 0.1) is 11.7 Å². The van der Waals surface area contributed by atoms with Crippen LogP contribution in [-0.2, 0) is 0 Å². The van der Waals surface area contributed by atoms with E-state index in [2.05, 4.69) is 20.8 Å². The maximum atomic E-state index is 13.5. The van der Waals surface area contributed by atoms with E-state index in [1.54, 1.807) is 0 Å². The zero-order valence-electron chi connectivity index (χ0n) is 11.6. The van der Waals surface area contributed by atoms with Crippen LogP contribution in [0.3, 0.4) is 0 Å². The first kappa shape index (κ1) is 15.3. The number of halogens is 3. The van der Waals surface area contributed by atoms with Gasteiger partial charge in [0.25, 0.3) is 0 Å². The van der Waals surface area contributed by atoms with Gasteiger partial charge in [0.15, 0.2) is 11.6 Å². The van der Waals surface area contributed by atoms with Gasteiger partial charge in [-0.1, -0.05) is 12.0 Å². The van der Waals surface area contributed by atoms with Crippen LogP contribution in [0.1, 0.15) is 32.2 Å². The largest absolute Gasteiger partial charge is 0.406 e. The van der Waals surface area contributed by atoms with Crippen molar-refractivity contribution in [3.63, 3.8) is 0 Å². The molecule has 114 valence electrons. The summed E-state index contributed by atoms with van der Waals surface area (Å²) in [5.41, 5.74) is -0.279. The zero-order chi connectivity index (χ0) is 15.4. The van der Waals surface area contributed by atoms with Gasteiger partial charge in [0.2, 0.25) is 5.89 Å². The molecule has 1 aromatic heterocycles.